The maximum Gasteiger partial charge on any atom is 0.313 e. The van der Waals surface area contributed by atoms with Gasteiger partial charge in [-0.2, -0.15) is 0 Å². The molecule has 0 aliphatic heterocycles. The quantitative estimate of drug-likeness (QED) is 0.608. The van der Waals surface area contributed by atoms with E-state index in [-0.39, 0.29) is 11.4 Å². The number of nitrogens with two attached hydrogens (primary N) is 1. The third kappa shape index (κ3) is 1.13. The predicted octanol–water partition coefficient (Wildman–Crippen LogP) is 0.534. The lowest BCUT2D eigenvalue weighted by atomic mass is 10.0. The molecule has 1 aliphatic rings. The third-order valence-corrected chi connectivity index (χ3v) is 2.68. The minimum Gasteiger partial charge on any atom is -0.469 e. The van der Waals surface area contributed by atoms with Gasteiger partial charge < -0.3 is 10.5 Å². The van der Waals surface area contributed by atoms with Crippen LogP contribution in [-0.4, -0.2) is 19.6 Å². The van der Waals surface area contributed by atoms with Gasteiger partial charge in [-0.25, -0.2) is 0 Å². The van der Waals surface area contributed by atoms with E-state index in [2.05, 4.69) is 11.7 Å². The molecule has 1 saturated carbocycles. The van der Waals surface area contributed by atoms with Crippen molar-refractivity contribution in [2.45, 2.75) is 19.8 Å². The molecular weight excluding hydrogens is 142 g/mol. The van der Waals surface area contributed by atoms with E-state index in [1.54, 1.807) is 0 Å². The van der Waals surface area contributed by atoms with Crippen LogP contribution < -0.4 is 5.73 Å². The predicted molar refractivity (Wildman–Crippen MR) is 41.9 cm³/mol. The second kappa shape index (κ2) is 2.81. The first-order valence-corrected chi connectivity index (χ1v) is 3.99. The van der Waals surface area contributed by atoms with Crippen LogP contribution >= 0.6 is 0 Å². The average molecular weight is 157 g/mol. The molecule has 2 atom stereocenters. The highest BCUT2D eigenvalue weighted by atomic mass is 16.5. The van der Waals surface area contributed by atoms with Gasteiger partial charge in [-0.15, -0.1) is 0 Å². The molecule has 2 N–H and O–H groups in total. The van der Waals surface area contributed by atoms with Crippen LogP contribution in [0.5, 0.6) is 0 Å². The molecule has 3 heteroatoms. The zero-order valence-electron chi connectivity index (χ0n) is 7.09. The van der Waals surface area contributed by atoms with Gasteiger partial charge in [0.15, 0.2) is 0 Å². The molecule has 0 saturated heterocycles. The van der Waals surface area contributed by atoms with Gasteiger partial charge in [0.2, 0.25) is 0 Å². The van der Waals surface area contributed by atoms with Crippen LogP contribution in [0.3, 0.4) is 0 Å². The lowest BCUT2D eigenvalue weighted by Gasteiger charge is -2.10. The van der Waals surface area contributed by atoms with Crippen molar-refractivity contribution in [1.29, 1.82) is 0 Å². The monoisotopic (exact) mass is 157 g/mol. The molecule has 1 fully saturated rings. The summed E-state index contributed by atoms with van der Waals surface area (Å²) >= 11 is 0. The Balaban J connectivity index is 2.59. The number of methoxy groups -OCH3 is 1. The fourth-order valence-corrected chi connectivity index (χ4v) is 1.70. The lowest BCUT2D eigenvalue weighted by molar-refractivity contribution is -0.147. The standard InChI is InChI=1S/C8H15NO2/c1-3-6-4-8(6,5-9)7(10)11-2/h6H,3-5,9H2,1-2H3. The van der Waals surface area contributed by atoms with Crippen LogP contribution in [0, 0.1) is 11.3 Å². The SMILES string of the molecule is CCC1CC1(CN)C(=O)OC. The number of hydrogen-bond acceptors (Lipinski definition) is 3. The Morgan fingerprint density at radius 1 is 1.82 bits per heavy atom. The first-order chi connectivity index (χ1) is 5.21. The topological polar surface area (TPSA) is 52.3 Å². The Morgan fingerprint density at radius 3 is 2.73 bits per heavy atom. The third-order valence-electron chi connectivity index (χ3n) is 2.68. The van der Waals surface area contributed by atoms with E-state index in [9.17, 15) is 4.79 Å². The molecule has 2 unspecified atom stereocenters. The summed E-state index contributed by atoms with van der Waals surface area (Å²) in [6.45, 7) is 2.50. The highest BCUT2D eigenvalue weighted by Gasteiger charge is 2.58. The first kappa shape index (κ1) is 8.53. The summed E-state index contributed by atoms with van der Waals surface area (Å²) in [5, 5.41) is 0. The van der Waals surface area contributed by atoms with Gasteiger partial charge in [-0.3, -0.25) is 4.79 Å². The molecule has 0 aromatic carbocycles. The van der Waals surface area contributed by atoms with Gasteiger partial charge in [0.25, 0.3) is 0 Å². The maximum atomic E-state index is 11.2. The van der Waals surface area contributed by atoms with E-state index in [0.717, 1.165) is 12.8 Å². The van der Waals surface area contributed by atoms with Gasteiger partial charge >= 0.3 is 5.97 Å². The molecule has 1 rings (SSSR count). The Bertz CT molecular complexity index is 169. The summed E-state index contributed by atoms with van der Waals surface area (Å²) in [5.41, 5.74) is 5.19. The second-order valence-electron chi connectivity index (χ2n) is 3.16. The molecule has 0 amide bonds. The van der Waals surface area contributed by atoms with Crippen molar-refractivity contribution in [3.8, 4) is 0 Å². The number of ether oxygens (including phenoxy) is 1. The maximum absolute atomic E-state index is 11.2. The molecule has 0 radical (unpaired) electrons. The summed E-state index contributed by atoms with van der Waals surface area (Å²) in [6, 6.07) is 0. The summed E-state index contributed by atoms with van der Waals surface area (Å²) in [5.74, 6) is 0.326. The largest absolute Gasteiger partial charge is 0.469 e. The highest BCUT2D eigenvalue weighted by molar-refractivity contribution is 5.80. The van der Waals surface area contributed by atoms with Crippen LogP contribution in [-0.2, 0) is 9.53 Å². The first-order valence-electron chi connectivity index (χ1n) is 3.99. The van der Waals surface area contributed by atoms with E-state index in [1.807, 2.05) is 0 Å². The van der Waals surface area contributed by atoms with E-state index in [0.29, 0.717) is 12.5 Å². The smallest absolute Gasteiger partial charge is 0.313 e. The van der Waals surface area contributed by atoms with Crippen molar-refractivity contribution in [3.05, 3.63) is 0 Å². The van der Waals surface area contributed by atoms with E-state index in [1.165, 1.54) is 7.11 Å². The van der Waals surface area contributed by atoms with Crippen molar-refractivity contribution in [1.82, 2.24) is 0 Å². The summed E-state index contributed by atoms with van der Waals surface area (Å²) in [6.07, 6.45) is 1.93. The number of carbonyl (C=O) groups excluding carboxylic acids is 1. The van der Waals surface area contributed by atoms with Crippen molar-refractivity contribution >= 4 is 5.97 Å². The van der Waals surface area contributed by atoms with Gasteiger partial charge in [-0.05, 0) is 12.3 Å². The van der Waals surface area contributed by atoms with Gasteiger partial charge in [0, 0.05) is 6.54 Å². The molecule has 0 aromatic rings. The highest BCUT2D eigenvalue weighted by Crippen LogP contribution is 2.54. The molecule has 0 aromatic heterocycles. The normalized spacial score (nSPS) is 35.0. The van der Waals surface area contributed by atoms with Crippen LogP contribution in [0.25, 0.3) is 0 Å². The van der Waals surface area contributed by atoms with Crippen molar-refractivity contribution in [3.63, 3.8) is 0 Å². The zero-order chi connectivity index (χ0) is 8.48. The van der Waals surface area contributed by atoms with Crippen LogP contribution in [0.2, 0.25) is 0 Å². The molecule has 1 aliphatic carbocycles. The fourth-order valence-electron chi connectivity index (χ4n) is 1.70. The second-order valence-corrected chi connectivity index (χ2v) is 3.16. The van der Waals surface area contributed by atoms with Gasteiger partial charge in [-0.1, -0.05) is 13.3 Å². The summed E-state index contributed by atoms with van der Waals surface area (Å²) in [4.78, 5) is 11.2. The molecular formula is C8H15NO2. The Labute approximate surface area is 66.9 Å². The van der Waals surface area contributed by atoms with Crippen molar-refractivity contribution < 1.29 is 9.53 Å². The number of carbonyl (C=O) groups is 1. The van der Waals surface area contributed by atoms with Gasteiger partial charge in [0.1, 0.15) is 0 Å². The molecule has 64 valence electrons. The van der Waals surface area contributed by atoms with Crippen LogP contribution in [0.4, 0.5) is 0 Å². The molecule has 11 heavy (non-hydrogen) atoms. The lowest BCUT2D eigenvalue weighted by Crippen LogP contribution is -2.28. The van der Waals surface area contributed by atoms with Crippen LogP contribution in [0.1, 0.15) is 19.8 Å². The van der Waals surface area contributed by atoms with Crippen molar-refractivity contribution in [2.75, 3.05) is 13.7 Å². The minimum absolute atomic E-state index is 0.133. The average Bonchev–Trinajstić information content (AvgIpc) is 2.78. The Morgan fingerprint density at radius 2 is 2.45 bits per heavy atom. The van der Waals surface area contributed by atoms with E-state index >= 15 is 0 Å². The molecule has 0 bridgehead atoms. The number of esters is 1. The fraction of sp³-hybridized carbons (Fsp3) is 0.875. The molecule has 3 nitrogen and oxygen atoms in total. The van der Waals surface area contributed by atoms with Crippen molar-refractivity contribution in [2.24, 2.45) is 17.1 Å². The van der Waals surface area contributed by atoms with Crippen LogP contribution in [0.15, 0.2) is 0 Å². The van der Waals surface area contributed by atoms with Gasteiger partial charge in [0.05, 0.1) is 12.5 Å². The Hall–Kier alpha value is -0.570. The molecule has 0 spiro atoms. The molecule has 0 heterocycles. The number of rotatable bonds is 3. The zero-order valence-corrected chi connectivity index (χ0v) is 7.09. The Kier molecular flexibility index (Phi) is 2.18. The minimum atomic E-state index is -0.316. The van der Waals surface area contributed by atoms with E-state index in [4.69, 9.17) is 5.73 Å². The van der Waals surface area contributed by atoms with E-state index < -0.39 is 0 Å². The summed E-state index contributed by atoms with van der Waals surface area (Å²) in [7, 11) is 1.42. The number of hydrogen-bond donors (Lipinski definition) is 1. The summed E-state index contributed by atoms with van der Waals surface area (Å²) < 4.78 is 4.68.